The zero-order valence-electron chi connectivity index (χ0n) is 16.0. The summed E-state index contributed by atoms with van der Waals surface area (Å²) in [4.78, 5) is 16.9. The monoisotopic (exact) mass is 463 g/mol. The summed E-state index contributed by atoms with van der Waals surface area (Å²) in [5, 5.41) is 12.1. The number of nitrogens with one attached hydrogen (secondary N) is 1. The van der Waals surface area contributed by atoms with Crippen LogP contribution in [0.2, 0.25) is 0 Å². The Balaban J connectivity index is 1.44. The summed E-state index contributed by atoms with van der Waals surface area (Å²) in [5.41, 5.74) is 0.629. The lowest BCUT2D eigenvalue weighted by Gasteiger charge is -2.05. The third-order valence-corrected chi connectivity index (χ3v) is 7.15. The Bertz CT molecular complexity index is 1310. The molecule has 0 fully saturated rings. The van der Waals surface area contributed by atoms with Crippen LogP contribution >= 0.6 is 23.1 Å². The Kier molecular flexibility index (Phi) is 5.62. The van der Waals surface area contributed by atoms with Crippen LogP contribution in [-0.2, 0) is 21.2 Å². The van der Waals surface area contributed by atoms with Gasteiger partial charge in [0.15, 0.2) is 31.7 Å². The lowest BCUT2D eigenvalue weighted by Crippen LogP contribution is -2.14. The minimum Gasteiger partial charge on any atom is -0.461 e. The number of hydrogen-bond acceptors (Lipinski definition) is 9. The van der Waals surface area contributed by atoms with Gasteiger partial charge in [0.25, 0.3) is 0 Å². The summed E-state index contributed by atoms with van der Waals surface area (Å²) in [6.45, 7) is 2.60. The maximum Gasteiger partial charge on any atom is 0.236 e. The average Bonchev–Trinajstić information content (AvgIpc) is 3.42. The zero-order chi connectivity index (χ0) is 21.3. The number of benzene rings is 1. The lowest BCUT2D eigenvalue weighted by atomic mass is 10.3. The fourth-order valence-electron chi connectivity index (χ4n) is 2.74. The normalized spacial score (nSPS) is 11.8. The first-order valence-electron chi connectivity index (χ1n) is 8.85. The van der Waals surface area contributed by atoms with E-state index in [0.717, 1.165) is 6.26 Å². The van der Waals surface area contributed by atoms with Crippen LogP contribution in [0.3, 0.4) is 0 Å². The molecule has 156 valence electrons. The number of thiazole rings is 1. The Morgan fingerprint density at radius 3 is 2.83 bits per heavy atom. The van der Waals surface area contributed by atoms with Crippen molar-refractivity contribution in [1.82, 2.24) is 19.7 Å². The standard InChI is InChI=1S/C18H17N5O4S3/c1-3-23-16(13-5-4-8-27-13)21-22-18(23)28-10-15(24)20-17-19-12-7-6-11(30(2,25)26)9-14(12)29-17/h4-9H,3,10H2,1-2H3,(H,19,20,24). The molecule has 0 unspecified atom stereocenters. The first-order valence-corrected chi connectivity index (χ1v) is 12.5. The molecule has 1 N–H and O–H groups in total. The fourth-order valence-corrected chi connectivity index (χ4v) is 5.19. The molecule has 1 aromatic carbocycles. The van der Waals surface area contributed by atoms with Crippen LogP contribution in [0.25, 0.3) is 21.8 Å². The Labute approximate surface area is 180 Å². The summed E-state index contributed by atoms with van der Waals surface area (Å²) in [5.74, 6) is 1.11. The number of anilines is 1. The number of aromatic nitrogens is 4. The van der Waals surface area contributed by atoms with Crippen LogP contribution in [-0.4, -0.2) is 46.1 Å². The second-order valence-corrected chi connectivity index (χ2v) is 10.3. The molecule has 0 saturated heterocycles. The number of hydrogen-bond donors (Lipinski definition) is 1. The van der Waals surface area contributed by atoms with Crippen molar-refractivity contribution >= 4 is 54.2 Å². The Hall–Kier alpha value is -2.70. The quantitative estimate of drug-likeness (QED) is 0.415. The highest BCUT2D eigenvalue weighted by atomic mass is 32.2. The number of amides is 1. The van der Waals surface area contributed by atoms with E-state index in [1.165, 1.54) is 29.2 Å². The van der Waals surface area contributed by atoms with Crippen molar-refractivity contribution in [2.75, 3.05) is 17.3 Å². The Morgan fingerprint density at radius 1 is 1.30 bits per heavy atom. The van der Waals surface area contributed by atoms with Crippen LogP contribution in [0, 0.1) is 0 Å². The molecule has 1 amide bonds. The first kappa shape index (κ1) is 20.6. The molecule has 0 aliphatic carbocycles. The molecule has 0 bridgehead atoms. The van der Waals surface area contributed by atoms with E-state index >= 15 is 0 Å². The summed E-state index contributed by atoms with van der Waals surface area (Å²) in [6.07, 6.45) is 2.72. The minimum absolute atomic E-state index is 0.126. The molecule has 30 heavy (non-hydrogen) atoms. The van der Waals surface area contributed by atoms with E-state index in [-0.39, 0.29) is 16.6 Å². The molecule has 3 aromatic heterocycles. The summed E-state index contributed by atoms with van der Waals surface area (Å²) in [6, 6.07) is 8.28. The van der Waals surface area contributed by atoms with Gasteiger partial charge in [-0.05, 0) is 37.3 Å². The van der Waals surface area contributed by atoms with E-state index in [1.54, 1.807) is 30.5 Å². The number of thioether (sulfide) groups is 1. The highest BCUT2D eigenvalue weighted by molar-refractivity contribution is 7.99. The molecular formula is C18H17N5O4S3. The largest absolute Gasteiger partial charge is 0.461 e. The number of sulfone groups is 1. The van der Waals surface area contributed by atoms with E-state index in [1.807, 2.05) is 11.5 Å². The SMILES string of the molecule is CCn1c(SCC(=O)Nc2nc3ccc(S(C)(=O)=O)cc3s2)nnc1-c1ccco1. The van der Waals surface area contributed by atoms with Crippen LogP contribution in [0.15, 0.2) is 51.1 Å². The predicted molar refractivity (Wildman–Crippen MR) is 115 cm³/mol. The summed E-state index contributed by atoms with van der Waals surface area (Å²) < 4.78 is 31.4. The molecule has 0 aliphatic rings. The van der Waals surface area contributed by atoms with Crippen LogP contribution < -0.4 is 5.32 Å². The molecular weight excluding hydrogens is 446 g/mol. The van der Waals surface area contributed by atoms with E-state index in [0.29, 0.717) is 38.6 Å². The number of carbonyl (C=O) groups excluding carboxylic acids is 1. The van der Waals surface area contributed by atoms with Crippen LogP contribution in [0.1, 0.15) is 6.92 Å². The van der Waals surface area contributed by atoms with Crippen molar-refractivity contribution in [2.45, 2.75) is 23.5 Å². The molecule has 12 heteroatoms. The van der Waals surface area contributed by atoms with Crippen molar-refractivity contribution in [2.24, 2.45) is 0 Å². The third kappa shape index (κ3) is 4.25. The van der Waals surface area contributed by atoms with Crippen molar-refractivity contribution in [3.8, 4) is 11.6 Å². The number of carbonyl (C=O) groups is 1. The molecule has 0 radical (unpaired) electrons. The van der Waals surface area contributed by atoms with Crippen molar-refractivity contribution in [3.05, 3.63) is 36.6 Å². The van der Waals surface area contributed by atoms with Gasteiger partial charge in [-0.25, -0.2) is 13.4 Å². The van der Waals surface area contributed by atoms with Gasteiger partial charge in [-0.3, -0.25) is 9.36 Å². The van der Waals surface area contributed by atoms with Gasteiger partial charge >= 0.3 is 0 Å². The van der Waals surface area contributed by atoms with Gasteiger partial charge in [-0.15, -0.1) is 10.2 Å². The van der Waals surface area contributed by atoms with Crippen molar-refractivity contribution in [3.63, 3.8) is 0 Å². The zero-order valence-corrected chi connectivity index (χ0v) is 18.5. The number of fused-ring (bicyclic) bond motifs is 1. The van der Waals surface area contributed by atoms with E-state index < -0.39 is 9.84 Å². The van der Waals surface area contributed by atoms with Crippen LogP contribution in [0.5, 0.6) is 0 Å². The maximum absolute atomic E-state index is 12.4. The van der Waals surface area contributed by atoms with E-state index in [2.05, 4.69) is 20.5 Å². The molecule has 0 saturated carbocycles. The first-order chi connectivity index (χ1) is 14.3. The lowest BCUT2D eigenvalue weighted by molar-refractivity contribution is -0.113. The molecule has 0 spiro atoms. The summed E-state index contributed by atoms with van der Waals surface area (Å²) >= 11 is 2.49. The van der Waals surface area contributed by atoms with Crippen molar-refractivity contribution < 1.29 is 17.6 Å². The second kappa shape index (κ2) is 8.20. The van der Waals surface area contributed by atoms with E-state index in [9.17, 15) is 13.2 Å². The van der Waals surface area contributed by atoms with Gasteiger partial charge in [0.2, 0.25) is 5.91 Å². The second-order valence-electron chi connectivity index (χ2n) is 6.29. The summed E-state index contributed by atoms with van der Waals surface area (Å²) in [7, 11) is -3.30. The topological polar surface area (TPSA) is 120 Å². The smallest absolute Gasteiger partial charge is 0.236 e. The molecule has 0 aliphatic heterocycles. The Morgan fingerprint density at radius 2 is 2.13 bits per heavy atom. The number of rotatable bonds is 7. The fraction of sp³-hybridized carbons (Fsp3) is 0.222. The van der Waals surface area contributed by atoms with Gasteiger partial charge in [0.1, 0.15) is 0 Å². The average molecular weight is 464 g/mol. The molecule has 4 rings (SSSR count). The van der Waals surface area contributed by atoms with Gasteiger partial charge in [-0.1, -0.05) is 23.1 Å². The predicted octanol–water partition coefficient (Wildman–Crippen LogP) is 3.30. The third-order valence-electron chi connectivity index (χ3n) is 4.14. The molecule has 4 aromatic rings. The highest BCUT2D eigenvalue weighted by Gasteiger charge is 2.17. The highest BCUT2D eigenvalue weighted by Crippen LogP contribution is 2.29. The van der Waals surface area contributed by atoms with Gasteiger partial charge in [0.05, 0.1) is 27.1 Å². The van der Waals surface area contributed by atoms with Crippen LogP contribution in [0.4, 0.5) is 5.13 Å². The minimum atomic E-state index is -3.30. The maximum atomic E-state index is 12.4. The van der Waals surface area contributed by atoms with E-state index in [4.69, 9.17) is 4.42 Å². The molecule has 0 atom stereocenters. The van der Waals surface area contributed by atoms with Crippen molar-refractivity contribution in [1.29, 1.82) is 0 Å². The van der Waals surface area contributed by atoms with Gasteiger partial charge < -0.3 is 9.73 Å². The van der Waals surface area contributed by atoms with Gasteiger partial charge in [0, 0.05) is 12.8 Å². The number of nitrogens with zero attached hydrogens (tertiary/aromatic N) is 4. The molecule has 9 nitrogen and oxygen atoms in total. The number of furan rings is 1. The molecule has 3 heterocycles. The van der Waals surface area contributed by atoms with Gasteiger partial charge in [-0.2, -0.15) is 0 Å².